The summed E-state index contributed by atoms with van der Waals surface area (Å²) in [6.07, 6.45) is 0. The quantitative estimate of drug-likeness (QED) is 0.125. The van der Waals surface area contributed by atoms with E-state index in [0.717, 1.165) is 39.7 Å². The lowest BCUT2D eigenvalue weighted by Crippen LogP contribution is -1.99. The second-order valence-electron chi connectivity index (χ2n) is 5.31. The smallest absolute Gasteiger partial charge is 0.296 e. The maximum absolute atomic E-state index is 11.0. The number of nitrogens with two attached hydrogens (primary N) is 2. The third-order valence-electron chi connectivity index (χ3n) is 3.33. The molecule has 0 aliphatic rings. The van der Waals surface area contributed by atoms with Crippen LogP contribution in [0.4, 0.5) is 10.3 Å². The molecule has 0 saturated carbocycles. The van der Waals surface area contributed by atoms with Gasteiger partial charge in [0.2, 0.25) is 0 Å². The van der Waals surface area contributed by atoms with E-state index in [4.69, 9.17) is 44.5 Å². The van der Waals surface area contributed by atoms with E-state index in [1.807, 2.05) is 0 Å². The fourth-order valence-corrected chi connectivity index (χ4v) is 5.61. The number of thiazole rings is 2. The Morgan fingerprint density at radius 3 is 2.37 bits per heavy atom. The van der Waals surface area contributed by atoms with Gasteiger partial charge in [-0.1, -0.05) is 50.9 Å². The lowest BCUT2D eigenvalue weighted by Gasteiger charge is -1.99. The van der Waals surface area contributed by atoms with Gasteiger partial charge in [0, 0.05) is 5.02 Å². The Morgan fingerprint density at radius 2 is 1.70 bits per heavy atom. The molecule has 0 bridgehead atoms. The summed E-state index contributed by atoms with van der Waals surface area (Å²) in [6.45, 7) is 0. The second-order valence-corrected chi connectivity index (χ2v) is 10.4. The van der Waals surface area contributed by atoms with Gasteiger partial charge in [0.25, 0.3) is 10.1 Å². The molecule has 2 heterocycles. The number of hydrogen-bond acceptors (Lipinski definition) is 12. The van der Waals surface area contributed by atoms with Gasteiger partial charge in [-0.25, -0.2) is 15.2 Å². The first-order chi connectivity index (χ1) is 14.1. The average Bonchev–Trinajstić information content (AvgIpc) is 3.18. The van der Waals surface area contributed by atoms with E-state index in [9.17, 15) is 8.42 Å². The van der Waals surface area contributed by atoms with Gasteiger partial charge in [-0.3, -0.25) is 4.55 Å². The highest BCUT2D eigenvalue weighted by Crippen LogP contribution is 2.35. The van der Waals surface area contributed by atoms with Gasteiger partial charge >= 0.3 is 0 Å². The van der Waals surface area contributed by atoms with Crippen LogP contribution < -0.4 is 11.5 Å². The van der Waals surface area contributed by atoms with Crippen LogP contribution in [-0.2, 0) is 19.5 Å². The molecule has 0 aliphatic heterocycles. The maximum atomic E-state index is 11.0. The summed E-state index contributed by atoms with van der Waals surface area (Å²) >= 11 is 14.9. The molecule has 0 aliphatic carbocycles. The highest BCUT2D eigenvalue weighted by molar-refractivity contribution is 7.94. The molecular formula is C14H10Cl2N4O6S4. The highest BCUT2D eigenvalue weighted by atomic mass is 35.5. The van der Waals surface area contributed by atoms with Gasteiger partial charge in [-0.2, -0.15) is 8.42 Å². The van der Waals surface area contributed by atoms with Gasteiger partial charge in [-0.05, 0) is 24.3 Å². The predicted molar refractivity (Wildman–Crippen MR) is 119 cm³/mol. The Balaban J connectivity index is 0.000000171. The van der Waals surface area contributed by atoms with Crippen LogP contribution >= 0.6 is 57.9 Å². The zero-order chi connectivity index (χ0) is 22.1. The monoisotopic (exact) mass is 528 g/mol. The summed E-state index contributed by atoms with van der Waals surface area (Å²) < 4.78 is 36.7. The van der Waals surface area contributed by atoms with Gasteiger partial charge in [0.05, 0.1) is 36.9 Å². The minimum absolute atomic E-state index is 0.143. The van der Waals surface area contributed by atoms with E-state index >= 15 is 0 Å². The molecule has 0 radical (unpaired) electrons. The SMILES string of the molecule is Nc1nc2c(S(=O)(=O)O)cc(Cl)cc2s1.Nc1nc2cc(SOOO)c(Cl)cc2s1. The molecule has 0 amide bonds. The number of benzene rings is 2. The zero-order valence-electron chi connectivity index (χ0n) is 14.3. The van der Waals surface area contributed by atoms with Crippen molar-refractivity contribution in [2.75, 3.05) is 11.5 Å². The molecule has 4 rings (SSSR count). The topological polar surface area (TPSA) is 171 Å². The fraction of sp³-hybridized carbons (Fsp3) is 0. The van der Waals surface area contributed by atoms with Crippen molar-refractivity contribution in [2.45, 2.75) is 9.79 Å². The van der Waals surface area contributed by atoms with E-state index in [1.165, 1.54) is 11.3 Å². The summed E-state index contributed by atoms with van der Waals surface area (Å²) in [5.74, 6) is 0. The predicted octanol–water partition coefficient (Wildman–Crippen LogP) is 4.74. The number of aromatic nitrogens is 2. The summed E-state index contributed by atoms with van der Waals surface area (Å²) in [4.78, 5) is 8.17. The summed E-state index contributed by atoms with van der Waals surface area (Å²) in [6, 6.07) is 6.11. The molecule has 30 heavy (non-hydrogen) atoms. The number of nitrogen functional groups attached to an aromatic ring is 2. The van der Waals surface area contributed by atoms with Crippen LogP contribution in [0.5, 0.6) is 0 Å². The van der Waals surface area contributed by atoms with E-state index in [-0.39, 0.29) is 20.6 Å². The van der Waals surface area contributed by atoms with Gasteiger partial charge < -0.3 is 11.5 Å². The lowest BCUT2D eigenvalue weighted by atomic mass is 10.3. The third-order valence-corrected chi connectivity index (χ3v) is 7.17. The molecule has 0 fully saturated rings. The summed E-state index contributed by atoms with van der Waals surface area (Å²) in [5.41, 5.74) is 11.9. The van der Waals surface area contributed by atoms with Crippen LogP contribution in [0.2, 0.25) is 10.0 Å². The first-order valence-electron chi connectivity index (χ1n) is 7.42. The molecule has 0 atom stereocenters. The first kappa shape index (κ1) is 23.2. The lowest BCUT2D eigenvalue weighted by molar-refractivity contribution is -0.432. The van der Waals surface area contributed by atoms with E-state index in [0.29, 0.717) is 19.7 Å². The number of anilines is 2. The third kappa shape index (κ3) is 5.42. The fourth-order valence-electron chi connectivity index (χ4n) is 2.24. The maximum Gasteiger partial charge on any atom is 0.296 e. The molecule has 0 spiro atoms. The van der Waals surface area contributed by atoms with Crippen molar-refractivity contribution in [1.29, 1.82) is 0 Å². The Bertz CT molecular complexity index is 1330. The molecule has 0 unspecified atom stereocenters. The van der Waals surface area contributed by atoms with Crippen LogP contribution in [0.1, 0.15) is 0 Å². The number of halogens is 2. The van der Waals surface area contributed by atoms with Crippen LogP contribution in [0.15, 0.2) is 34.1 Å². The minimum Gasteiger partial charge on any atom is -0.375 e. The van der Waals surface area contributed by atoms with Gasteiger partial charge in [0.1, 0.15) is 10.4 Å². The molecule has 6 N–H and O–H groups in total. The Kier molecular flexibility index (Phi) is 7.24. The van der Waals surface area contributed by atoms with Crippen LogP contribution in [0.3, 0.4) is 0 Å². The Morgan fingerprint density at radius 1 is 1.03 bits per heavy atom. The van der Waals surface area contributed by atoms with Crippen molar-refractivity contribution in [3.05, 3.63) is 34.3 Å². The van der Waals surface area contributed by atoms with Crippen molar-refractivity contribution in [2.24, 2.45) is 0 Å². The number of fused-ring (bicyclic) bond motifs is 2. The number of hydrogen-bond donors (Lipinski definition) is 4. The molecule has 160 valence electrons. The average molecular weight is 529 g/mol. The summed E-state index contributed by atoms with van der Waals surface area (Å²) in [7, 11) is -4.33. The molecule has 2 aromatic heterocycles. The van der Waals surface area contributed by atoms with Gasteiger partial charge in [-0.15, -0.1) is 4.33 Å². The normalized spacial score (nSPS) is 11.6. The molecular weight excluding hydrogens is 519 g/mol. The highest BCUT2D eigenvalue weighted by Gasteiger charge is 2.18. The molecule has 10 nitrogen and oxygen atoms in total. The van der Waals surface area contributed by atoms with Crippen LogP contribution in [0.25, 0.3) is 20.4 Å². The van der Waals surface area contributed by atoms with Crippen molar-refractivity contribution < 1.29 is 27.6 Å². The van der Waals surface area contributed by atoms with E-state index in [1.54, 1.807) is 18.2 Å². The zero-order valence-corrected chi connectivity index (χ0v) is 19.1. The van der Waals surface area contributed by atoms with Crippen molar-refractivity contribution in [3.63, 3.8) is 0 Å². The summed E-state index contributed by atoms with van der Waals surface area (Å²) in [5, 5.41) is 12.9. The van der Waals surface area contributed by atoms with Crippen molar-refractivity contribution in [1.82, 2.24) is 9.97 Å². The van der Waals surface area contributed by atoms with Crippen molar-refractivity contribution >= 4 is 98.7 Å². The molecule has 0 saturated heterocycles. The number of rotatable bonds is 4. The van der Waals surface area contributed by atoms with Crippen molar-refractivity contribution in [3.8, 4) is 0 Å². The second kappa shape index (κ2) is 9.35. The standard InChI is InChI=1S/2C7H5ClN2O3S2/c8-3-1-6-4(10-7(9)14-6)2-5(3)15-13-12-11;8-3-1-4-6(10-7(9)14-4)5(2-3)15(11,12)13/h1-2,11H,(H2,9,10);1-2H,(H2,9,10)(H,11,12,13). The van der Waals surface area contributed by atoms with Crippen LogP contribution in [0, 0.1) is 0 Å². The van der Waals surface area contributed by atoms with E-state index < -0.39 is 10.1 Å². The first-order valence-corrected chi connectivity index (χ1v) is 12.0. The largest absolute Gasteiger partial charge is 0.375 e. The molecule has 16 heteroatoms. The minimum atomic E-state index is -4.33. The molecule has 4 aromatic rings. The number of nitrogens with zero attached hydrogens (tertiary/aromatic N) is 2. The van der Waals surface area contributed by atoms with E-state index in [2.05, 4.69) is 19.3 Å². The molecule has 2 aromatic carbocycles. The Hall–Kier alpha value is -1.46. The Labute approximate surface area is 191 Å². The van der Waals surface area contributed by atoms with Gasteiger partial charge in [0.15, 0.2) is 10.3 Å². The van der Waals surface area contributed by atoms with Crippen LogP contribution in [-0.4, -0.2) is 28.2 Å².